The lowest BCUT2D eigenvalue weighted by Crippen LogP contribution is -2.40. The molecule has 3 aliphatic carbocycles. The largest absolute Gasteiger partial charge is 0.352 e. The SMILES string of the molecule is C[C@@H](Sc1nc(C2CC2)nc2c1c(=O)[nH]c(=O)n2C1CC1)C(=O)NC1CCCCC1. The van der Waals surface area contributed by atoms with Crippen LogP contribution >= 0.6 is 11.8 Å². The second-order valence-corrected chi connectivity index (χ2v) is 10.2. The molecule has 0 aromatic carbocycles. The summed E-state index contributed by atoms with van der Waals surface area (Å²) in [7, 11) is 0. The van der Waals surface area contributed by atoms with Gasteiger partial charge in [-0.25, -0.2) is 14.8 Å². The number of carbonyl (C=O) groups excluding carboxylic acids is 1. The molecule has 3 fully saturated rings. The highest BCUT2D eigenvalue weighted by molar-refractivity contribution is 8.00. The van der Waals surface area contributed by atoms with Crippen molar-refractivity contribution in [2.24, 2.45) is 0 Å². The van der Waals surface area contributed by atoms with Crippen molar-refractivity contribution in [1.29, 1.82) is 0 Å². The summed E-state index contributed by atoms with van der Waals surface area (Å²) < 4.78 is 1.61. The summed E-state index contributed by atoms with van der Waals surface area (Å²) >= 11 is 1.29. The molecular formula is C21H27N5O3S. The number of carbonyl (C=O) groups is 1. The van der Waals surface area contributed by atoms with Gasteiger partial charge in [-0.3, -0.25) is 19.1 Å². The summed E-state index contributed by atoms with van der Waals surface area (Å²) in [6, 6.07) is 0.325. The van der Waals surface area contributed by atoms with Gasteiger partial charge in [-0.1, -0.05) is 31.0 Å². The normalized spacial score (nSPS) is 21.0. The van der Waals surface area contributed by atoms with Crippen LogP contribution in [0.5, 0.6) is 0 Å². The molecule has 2 N–H and O–H groups in total. The van der Waals surface area contributed by atoms with E-state index in [1.54, 1.807) is 4.57 Å². The van der Waals surface area contributed by atoms with Crippen LogP contribution < -0.4 is 16.6 Å². The summed E-state index contributed by atoms with van der Waals surface area (Å²) in [6.07, 6.45) is 9.45. The Kier molecular flexibility index (Phi) is 5.16. The van der Waals surface area contributed by atoms with Crippen molar-refractivity contribution in [3.05, 3.63) is 26.7 Å². The second-order valence-electron chi connectivity index (χ2n) is 8.82. The van der Waals surface area contributed by atoms with E-state index in [2.05, 4.69) is 20.3 Å². The number of H-pyrrole nitrogens is 1. The van der Waals surface area contributed by atoms with Crippen LogP contribution in [-0.4, -0.2) is 36.7 Å². The molecule has 5 rings (SSSR count). The standard InChI is InChI=1S/C21H27N5O3S/c1-11(18(27)22-13-5-3-2-4-6-13)30-20-15-17(23-16(24-20)12-7-8-12)26(14-9-10-14)21(29)25-19(15)28/h11-14H,2-10H2,1H3,(H,22,27)(H,25,28,29)/t11-/m1/s1. The Morgan fingerprint density at radius 1 is 1.10 bits per heavy atom. The van der Waals surface area contributed by atoms with Crippen LogP contribution in [0.4, 0.5) is 0 Å². The molecule has 1 amide bonds. The number of amides is 1. The summed E-state index contributed by atoms with van der Waals surface area (Å²) in [4.78, 5) is 49.7. The van der Waals surface area contributed by atoms with Crippen molar-refractivity contribution in [1.82, 2.24) is 24.8 Å². The lowest BCUT2D eigenvalue weighted by Gasteiger charge is -2.24. The van der Waals surface area contributed by atoms with Crippen molar-refractivity contribution in [2.75, 3.05) is 0 Å². The molecule has 9 heteroatoms. The molecule has 3 aliphatic rings. The Morgan fingerprint density at radius 2 is 1.83 bits per heavy atom. The molecule has 2 aromatic heterocycles. The third-order valence-corrected chi connectivity index (χ3v) is 7.32. The molecule has 0 radical (unpaired) electrons. The van der Waals surface area contributed by atoms with E-state index in [-0.39, 0.29) is 23.9 Å². The summed E-state index contributed by atoms with van der Waals surface area (Å²) in [5, 5.41) is 3.60. The molecular weight excluding hydrogens is 402 g/mol. The van der Waals surface area contributed by atoms with Crippen molar-refractivity contribution >= 4 is 28.7 Å². The lowest BCUT2D eigenvalue weighted by molar-refractivity contribution is -0.121. The average Bonchev–Trinajstić information content (AvgIpc) is 3.61. The maximum atomic E-state index is 12.8. The number of aromatic nitrogens is 4. The molecule has 0 unspecified atom stereocenters. The van der Waals surface area contributed by atoms with E-state index in [9.17, 15) is 14.4 Å². The minimum Gasteiger partial charge on any atom is -0.352 e. The summed E-state index contributed by atoms with van der Waals surface area (Å²) in [5.41, 5.74) is -0.461. The van der Waals surface area contributed by atoms with Gasteiger partial charge in [-0.15, -0.1) is 0 Å². The van der Waals surface area contributed by atoms with Gasteiger partial charge in [0.15, 0.2) is 5.65 Å². The van der Waals surface area contributed by atoms with Gasteiger partial charge in [-0.2, -0.15) is 0 Å². The molecule has 0 aliphatic heterocycles. The topological polar surface area (TPSA) is 110 Å². The number of rotatable bonds is 6. The van der Waals surface area contributed by atoms with Crippen LogP contribution in [0.25, 0.3) is 11.0 Å². The van der Waals surface area contributed by atoms with Gasteiger partial charge >= 0.3 is 5.69 Å². The minimum atomic E-state index is -0.475. The minimum absolute atomic E-state index is 0.0291. The van der Waals surface area contributed by atoms with E-state index < -0.39 is 16.5 Å². The third kappa shape index (κ3) is 3.91. The molecule has 160 valence electrons. The molecule has 30 heavy (non-hydrogen) atoms. The van der Waals surface area contributed by atoms with E-state index in [1.807, 2.05) is 6.92 Å². The molecule has 2 aromatic rings. The number of thioether (sulfide) groups is 1. The zero-order valence-corrected chi connectivity index (χ0v) is 18.0. The molecule has 0 saturated heterocycles. The van der Waals surface area contributed by atoms with Crippen molar-refractivity contribution < 1.29 is 4.79 Å². The van der Waals surface area contributed by atoms with Crippen LogP contribution in [0.1, 0.15) is 82.5 Å². The van der Waals surface area contributed by atoms with Gasteiger partial charge in [0.1, 0.15) is 16.2 Å². The van der Waals surface area contributed by atoms with E-state index in [0.29, 0.717) is 21.9 Å². The zero-order chi connectivity index (χ0) is 20.8. The van der Waals surface area contributed by atoms with Gasteiger partial charge in [0.05, 0.1) is 5.25 Å². The molecule has 2 heterocycles. The summed E-state index contributed by atoms with van der Waals surface area (Å²) in [6.45, 7) is 1.85. The second kappa shape index (κ2) is 7.83. The molecule has 1 atom stereocenters. The number of nitrogens with one attached hydrogen (secondary N) is 2. The molecule has 3 saturated carbocycles. The fourth-order valence-electron chi connectivity index (χ4n) is 4.20. The van der Waals surface area contributed by atoms with E-state index in [1.165, 1.54) is 18.2 Å². The first-order valence-corrected chi connectivity index (χ1v) is 11.9. The van der Waals surface area contributed by atoms with E-state index >= 15 is 0 Å². The quantitative estimate of drug-likeness (QED) is 0.540. The van der Waals surface area contributed by atoms with Crippen LogP contribution in [-0.2, 0) is 4.79 Å². The van der Waals surface area contributed by atoms with Crippen molar-refractivity contribution in [3.8, 4) is 0 Å². The van der Waals surface area contributed by atoms with Crippen LogP contribution in [0.3, 0.4) is 0 Å². The highest BCUT2D eigenvalue weighted by Gasteiger charge is 2.33. The van der Waals surface area contributed by atoms with Crippen molar-refractivity contribution in [3.63, 3.8) is 0 Å². The van der Waals surface area contributed by atoms with Crippen LogP contribution in [0, 0.1) is 0 Å². The van der Waals surface area contributed by atoms with E-state index in [0.717, 1.165) is 51.4 Å². The molecule has 8 nitrogen and oxygen atoms in total. The maximum Gasteiger partial charge on any atom is 0.330 e. The highest BCUT2D eigenvalue weighted by atomic mass is 32.2. The van der Waals surface area contributed by atoms with Crippen LogP contribution in [0.2, 0.25) is 0 Å². The van der Waals surface area contributed by atoms with Gasteiger partial charge in [0.25, 0.3) is 5.56 Å². The van der Waals surface area contributed by atoms with Gasteiger partial charge in [-0.05, 0) is 45.4 Å². The van der Waals surface area contributed by atoms with Crippen LogP contribution in [0.15, 0.2) is 14.6 Å². The first-order valence-electron chi connectivity index (χ1n) is 11.0. The number of hydrogen-bond donors (Lipinski definition) is 2. The Balaban J connectivity index is 1.50. The van der Waals surface area contributed by atoms with Crippen molar-refractivity contribution in [2.45, 2.75) is 93.0 Å². The Bertz CT molecular complexity index is 1100. The molecule has 0 bridgehead atoms. The van der Waals surface area contributed by atoms with Gasteiger partial charge in [0, 0.05) is 18.0 Å². The predicted molar refractivity (Wildman–Crippen MR) is 115 cm³/mol. The number of nitrogens with zero attached hydrogens (tertiary/aromatic N) is 3. The van der Waals surface area contributed by atoms with E-state index in [4.69, 9.17) is 0 Å². The fraction of sp³-hybridized carbons (Fsp3) is 0.667. The number of fused-ring (bicyclic) bond motifs is 1. The zero-order valence-electron chi connectivity index (χ0n) is 17.1. The monoisotopic (exact) mass is 429 g/mol. The van der Waals surface area contributed by atoms with Gasteiger partial charge < -0.3 is 5.32 Å². The first-order chi connectivity index (χ1) is 14.5. The number of hydrogen-bond acceptors (Lipinski definition) is 6. The Morgan fingerprint density at radius 3 is 2.50 bits per heavy atom. The summed E-state index contributed by atoms with van der Waals surface area (Å²) in [5.74, 6) is 0.935. The highest BCUT2D eigenvalue weighted by Crippen LogP contribution is 2.41. The fourth-order valence-corrected chi connectivity index (χ4v) is 5.16. The lowest BCUT2D eigenvalue weighted by atomic mass is 9.95. The number of aromatic amines is 1. The molecule has 0 spiro atoms. The Hall–Kier alpha value is -2.16. The third-order valence-electron chi connectivity index (χ3n) is 6.23. The smallest absolute Gasteiger partial charge is 0.330 e. The predicted octanol–water partition coefficient (Wildman–Crippen LogP) is 2.62. The Labute approximate surface area is 178 Å². The first kappa shape index (κ1) is 19.8. The average molecular weight is 430 g/mol. The van der Waals surface area contributed by atoms with Gasteiger partial charge in [0.2, 0.25) is 5.91 Å². The maximum absolute atomic E-state index is 12.8.